The largest absolute Gasteiger partial charge is 0.354 e. The highest BCUT2D eigenvalue weighted by Crippen LogP contribution is 2.68. The molecule has 16 heteroatoms. The zero-order valence-corrected chi connectivity index (χ0v) is 63.1. The number of carbonyl (C=O) groups excluding carboxylic acids is 4. The first-order valence-corrected chi connectivity index (χ1v) is 38.9. The van der Waals surface area contributed by atoms with Crippen molar-refractivity contribution < 1.29 is 37.4 Å². The normalized spacial score (nSPS) is 30.0. The molecule has 0 saturated heterocycles. The van der Waals surface area contributed by atoms with Crippen molar-refractivity contribution in [3.8, 4) is 44.9 Å². The highest BCUT2D eigenvalue weighted by atomic mass is 16.2. The number of hydrogen-bond acceptors (Lipinski definition) is 6. The molecule has 8 fully saturated rings. The van der Waals surface area contributed by atoms with Crippen LogP contribution in [0.1, 0.15) is 183 Å². The predicted octanol–water partition coefficient (Wildman–Crippen LogP) is 13.8. The third kappa shape index (κ3) is 10.5. The lowest BCUT2D eigenvalue weighted by atomic mass is 9.69. The van der Waals surface area contributed by atoms with Gasteiger partial charge >= 0.3 is 0 Å². The van der Waals surface area contributed by atoms with Crippen molar-refractivity contribution in [3.05, 3.63) is 145 Å². The van der Waals surface area contributed by atoms with Crippen molar-refractivity contribution in [2.45, 2.75) is 210 Å². The number of H-pyrrole nitrogens is 2. The third-order valence-corrected chi connectivity index (χ3v) is 31.3. The molecule has 7 aromatic rings. The topological polar surface area (TPSA) is 189 Å². The Morgan fingerprint density at radius 2 is 0.673 bits per heavy atom. The van der Waals surface area contributed by atoms with Gasteiger partial charge in [0.15, 0.2) is 31.0 Å². The Balaban J connectivity index is 0.848. The maximum absolute atomic E-state index is 14.8. The fourth-order valence-corrected chi connectivity index (χ4v) is 22.9. The summed E-state index contributed by atoms with van der Waals surface area (Å²) in [5.74, 6) is 2.16. The van der Waals surface area contributed by atoms with Gasteiger partial charge in [-0.05, 0) is 217 Å². The molecule has 8 aliphatic carbocycles. The van der Waals surface area contributed by atoms with E-state index >= 15 is 0 Å². The summed E-state index contributed by atoms with van der Waals surface area (Å²) in [6.45, 7) is 28.9. The average molecular weight is 1400 g/mol. The number of aromatic nitrogens is 8. The van der Waals surface area contributed by atoms with Crippen LogP contribution in [0, 0.1) is 67.0 Å². The van der Waals surface area contributed by atoms with Gasteiger partial charge in [-0.2, -0.15) is 18.3 Å². The quantitative estimate of drug-likeness (QED) is 0.0522. The minimum absolute atomic E-state index is 0.00134. The number of nitrogens with zero attached hydrogens (tertiary/aromatic N) is 6. The van der Waals surface area contributed by atoms with Crippen LogP contribution in [0.2, 0.25) is 0 Å². The van der Waals surface area contributed by atoms with Crippen molar-refractivity contribution in [1.29, 1.82) is 0 Å². The number of nitrogens with one attached hydrogen (secondary N) is 6. The fourth-order valence-electron chi connectivity index (χ4n) is 22.9. The molecule has 538 valence electrons. The molecule has 16 nitrogen and oxygen atoms in total. The standard InChI is InChI=1S/C88H102N12O4/c1-81(2)54-32-36-85(81,9)69(44-54)93-73(101)49-97-40-19-20-53(48-97)77-58-24-26-60(89-58)78(66-21-13-16-41-98(66)50-74(102)94-70-45-55-33-37-86(70,10)82(55,3)4)62-28-30-64(91-62)80(68-23-15-18-43-100(68)52-76(104)96-72-47-57-35-39-88(72,12)84(57,7)8)65-31-29-63(92-65)79(61-27-25-59(77)90-61)67-22-14-17-42-99(67)51-75(103)95-71-46-56-34-38-87(71,11)83(56,5)6/h13-31,40-43,48,54-57,69-72H,32-39,44-47,49-52H2,1-12H3,(H2-3,89,90,91,92,93,94,95,96,101,102,103,104)/p+4. The first-order valence-electron chi connectivity index (χ1n) is 38.9. The van der Waals surface area contributed by atoms with Gasteiger partial charge < -0.3 is 31.2 Å². The van der Waals surface area contributed by atoms with Gasteiger partial charge in [-0.25, -0.2) is 9.97 Å². The van der Waals surface area contributed by atoms with Crippen LogP contribution in [0.25, 0.3) is 91.3 Å². The van der Waals surface area contributed by atoms with E-state index in [1.165, 1.54) is 25.7 Å². The summed E-state index contributed by atoms with van der Waals surface area (Å²) in [5, 5.41) is 14.2. The first-order chi connectivity index (χ1) is 49.6. The van der Waals surface area contributed by atoms with Gasteiger partial charge in [0, 0.05) is 83.3 Å². The lowest BCUT2D eigenvalue weighted by Gasteiger charge is -2.39. The zero-order chi connectivity index (χ0) is 72.4. The van der Waals surface area contributed by atoms with Crippen molar-refractivity contribution in [2.24, 2.45) is 67.0 Å². The molecule has 12 unspecified atom stereocenters. The lowest BCUT2D eigenvalue weighted by Crippen LogP contribution is -2.51. The van der Waals surface area contributed by atoms with Crippen molar-refractivity contribution in [3.63, 3.8) is 0 Å². The van der Waals surface area contributed by atoms with E-state index in [0.29, 0.717) is 46.4 Å². The number of rotatable bonds is 16. The molecular formula is C88H106N12O4+4. The summed E-state index contributed by atoms with van der Waals surface area (Å²) in [7, 11) is 0. The Hall–Kier alpha value is -8.92. The summed E-state index contributed by atoms with van der Waals surface area (Å²) in [5.41, 5.74) is 12.7. The Bertz CT molecular complexity index is 4890. The zero-order valence-electron chi connectivity index (χ0n) is 63.1. The van der Waals surface area contributed by atoms with Crippen molar-refractivity contribution in [2.75, 3.05) is 0 Å². The first kappa shape index (κ1) is 68.2. The van der Waals surface area contributed by atoms with E-state index in [1.54, 1.807) is 0 Å². The van der Waals surface area contributed by atoms with E-state index in [0.717, 1.165) is 118 Å². The summed E-state index contributed by atoms with van der Waals surface area (Å²) in [6.07, 6.45) is 31.4. The maximum Gasteiger partial charge on any atom is 0.286 e. The van der Waals surface area contributed by atoms with Crippen LogP contribution in [0.15, 0.2) is 122 Å². The Morgan fingerprint density at radius 1 is 0.375 bits per heavy atom. The third-order valence-electron chi connectivity index (χ3n) is 31.3. The van der Waals surface area contributed by atoms with Gasteiger partial charge in [0.25, 0.3) is 23.6 Å². The van der Waals surface area contributed by atoms with Crippen molar-refractivity contribution >= 4 is 70.0 Å². The number of amides is 4. The molecule has 0 aromatic carbocycles. The Morgan fingerprint density at radius 3 is 0.971 bits per heavy atom. The number of pyridine rings is 4. The highest BCUT2D eigenvalue weighted by molar-refractivity contribution is 5.98. The average Bonchev–Trinajstić information content (AvgIpc) is 1.58. The van der Waals surface area contributed by atoms with Gasteiger partial charge in [0.1, 0.15) is 0 Å². The van der Waals surface area contributed by atoms with E-state index < -0.39 is 0 Å². The lowest BCUT2D eigenvalue weighted by molar-refractivity contribution is -0.684. The van der Waals surface area contributed by atoms with Gasteiger partial charge in [-0.3, -0.25) is 19.2 Å². The molecule has 16 bridgehead atoms. The van der Waals surface area contributed by atoms with E-state index in [9.17, 15) is 19.2 Å². The second-order valence-electron chi connectivity index (χ2n) is 36.3. The van der Waals surface area contributed by atoms with Crippen LogP contribution in [-0.4, -0.2) is 67.7 Å². The molecule has 12 atom stereocenters. The Kier molecular flexibility index (Phi) is 15.9. The smallest absolute Gasteiger partial charge is 0.286 e. The molecule has 104 heavy (non-hydrogen) atoms. The number of hydrogen-bond donors (Lipinski definition) is 6. The second kappa shape index (κ2) is 24.3. The van der Waals surface area contributed by atoms with Gasteiger partial charge in [0.2, 0.25) is 43.3 Å². The minimum atomic E-state index is -0.0376. The molecule has 10 aliphatic rings. The molecule has 6 N–H and O–H groups in total. The number of fused-ring (bicyclic) bond motifs is 16. The molecule has 0 spiro atoms. The van der Waals surface area contributed by atoms with Gasteiger partial charge in [0.05, 0.1) is 56.0 Å². The fraction of sp³-hybridized carbons (Fsp3) is 0.500. The molecule has 4 amide bonds. The number of carbonyl (C=O) groups is 4. The van der Waals surface area contributed by atoms with Crippen LogP contribution in [0.3, 0.4) is 0 Å². The van der Waals surface area contributed by atoms with Crippen LogP contribution in [0.5, 0.6) is 0 Å². The molecule has 9 heterocycles. The summed E-state index contributed by atoms with van der Waals surface area (Å²) < 4.78 is 8.14. The molecular weight excluding hydrogens is 1290 g/mol. The van der Waals surface area contributed by atoms with Crippen LogP contribution >= 0.6 is 0 Å². The predicted molar refractivity (Wildman–Crippen MR) is 406 cm³/mol. The summed E-state index contributed by atoms with van der Waals surface area (Å²) in [4.78, 5) is 78.3. The van der Waals surface area contributed by atoms with Crippen molar-refractivity contribution in [1.82, 2.24) is 41.2 Å². The van der Waals surface area contributed by atoms with Crippen LogP contribution in [0.4, 0.5) is 0 Å². The van der Waals surface area contributed by atoms with Crippen LogP contribution in [-0.2, 0) is 45.4 Å². The monoisotopic (exact) mass is 1390 g/mol. The second-order valence-corrected chi connectivity index (χ2v) is 36.3. The summed E-state index contributed by atoms with van der Waals surface area (Å²) >= 11 is 0. The molecule has 2 aliphatic heterocycles. The minimum Gasteiger partial charge on any atom is -0.354 e. The summed E-state index contributed by atoms with van der Waals surface area (Å²) in [6, 6.07) is 31.1. The molecule has 7 aromatic heterocycles. The number of aromatic amines is 2. The van der Waals surface area contributed by atoms with E-state index in [2.05, 4.69) is 207 Å². The molecule has 17 rings (SSSR count). The maximum atomic E-state index is 14.8. The highest BCUT2D eigenvalue weighted by Gasteiger charge is 2.65. The van der Waals surface area contributed by atoms with Gasteiger partial charge in [-0.15, -0.1) is 0 Å². The molecule has 8 saturated carbocycles. The van der Waals surface area contributed by atoms with E-state index in [1.807, 2.05) is 71.8 Å². The van der Waals surface area contributed by atoms with E-state index in [4.69, 9.17) is 9.97 Å². The Labute approximate surface area is 612 Å². The SMILES string of the molecule is CC1(C)C2CCC1(C)C(NC(=O)C[n+]1cccc(-c3c4nc(c(-c5cccc[n+]5CC(=O)NC5CC6CCC5(C)C6(C)C)c5ccc([nH]5)c(-c5cccc[n+]5CC(=O)NC5CC6CCC5(C)C6(C)C)c5nc(c(-c6cccc[n+]6CC(=O)NC6CC7CCC6(C)C7(C)C)c6ccc3[nH]6)C=C5)C=C4)c1)C2. The molecule has 0 radical (unpaired) electrons. The van der Waals surface area contributed by atoms with Crippen LogP contribution < -0.4 is 39.5 Å². The van der Waals surface area contributed by atoms with E-state index in [-0.39, 0.29) is 117 Å². The van der Waals surface area contributed by atoms with Gasteiger partial charge in [-0.1, -0.05) is 83.1 Å².